The second-order valence-electron chi connectivity index (χ2n) is 5.35. The van der Waals surface area contributed by atoms with Crippen molar-refractivity contribution < 1.29 is 34.2 Å². The third-order valence-electron chi connectivity index (χ3n) is 3.26. The molecule has 0 spiro atoms. The van der Waals surface area contributed by atoms with Crippen molar-refractivity contribution in [1.82, 2.24) is 16.0 Å². The highest BCUT2D eigenvalue weighted by Crippen LogP contribution is 2.03. The van der Waals surface area contributed by atoms with Crippen LogP contribution in [0.5, 0.6) is 0 Å². The number of hydrogen-bond donors (Lipinski definition) is 7. The standard InChI is InChI=1S/C14H24N4O7S2/c1-27-3-2-7(14(24)25)17-12(22)8(4-11(20)21)18-13(23)9(6-26)16-10(19)5-15/h7-9,26H,2-6,15H2,1H3,(H,16,19)(H,17,22)(H,18,23)(H,20,21)(H,24,25). The molecular weight excluding hydrogens is 400 g/mol. The lowest BCUT2D eigenvalue weighted by atomic mass is 10.1. The summed E-state index contributed by atoms with van der Waals surface area (Å²) in [4.78, 5) is 58.0. The van der Waals surface area contributed by atoms with Gasteiger partial charge < -0.3 is 31.9 Å². The Bertz CT molecular complexity index is 562. The molecule has 0 radical (unpaired) electrons. The molecule has 0 aliphatic rings. The zero-order chi connectivity index (χ0) is 21.0. The molecule has 0 rings (SSSR count). The number of nitrogens with two attached hydrogens (primary N) is 1. The summed E-state index contributed by atoms with van der Waals surface area (Å²) in [6.07, 6.45) is 1.12. The largest absolute Gasteiger partial charge is 0.481 e. The topological polar surface area (TPSA) is 188 Å². The van der Waals surface area contributed by atoms with E-state index in [0.717, 1.165) is 0 Å². The van der Waals surface area contributed by atoms with Crippen LogP contribution in [0.25, 0.3) is 0 Å². The third kappa shape index (κ3) is 10.1. The van der Waals surface area contributed by atoms with Crippen molar-refractivity contribution >= 4 is 54.1 Å². The maximum atomic E-state index is 12.3. The van der Waals surface area contributed by atoms with Gasteiger partial charge in [0.1, 0.15) is 18.1 Å². The third-order valence-corrected chi connectivity index (χ3v) is 4.27. The first-order chi connectivity index (χ1) is 12.7. The zero-order valence-electron chi connectivity index (χ0n) is 14.6. The fourth-order valence-corrected chi connectivity index (χ4v) is 2.60. The van der Waals surface area contributed by atoms with Crippen LogP contribution in [0.15, 0.2) is 0 Å². The van der Waals surface area contributed by atoms with Crippen LogP contribution < -0.4 is 21.7 Å². The number of carbonyl (C=O) groups is 5. The van der Waals surface area contributed by atoms with Gasteiger partial charge in [-0.25, -0.2) is 4.79 Å². The lowest BCUT2D eigenvalue weighted by Gasteiger charge is -2.23. The summed E-state index contributed by atoms with van der Waals surface area (Å²) in [6, 6.07) is -3.89. The summed E-state index contributed by atoms with van der Waals surface area (Å²) in [5.74, 6) is -4.75. The Hall–Kier alpha value is -1.99. The highest BCUT2D eigenvalue weighted by atomic mass is 32.2. The van der Waals surface area contributed by atoms with Gasteiger partial charge in [0.2, 0.25) is 17.7 Å². The van der Waals surface area contributed by atoms with E-state index < -0.39 is 54.2 Å². The van der Waals surface area contributed by atoms with Gasteiger partial charge in [0.05, 0.1) is 13.0 Å². The molecule has 3 atom stereocenters. The van der Waals surface area contributed by atoms with Gasteiger partial charge in [0.15, 0.2) is 0 Å². The molecule has 3 amide bonds. The second-order valence-corrected chi connectivity index (χ2v) is 6.70. The van der Waals surface area contributed by atoms with E-state index in [-0.39, 0.29) is 18.7 Å². The van der Waals surface area contributed by atoms with Crippen molar-refractivity contribution in [1.29, 1.82) is 0 Å². The lowest BCUT2D eigenvalue weighted by molar-refractivity contribution is -0.143. The molecule has 154 valence electrons. The molecule has 0 saturated carbocycles. The van der Waals surface area contributed by atoms with E-state index in [4.69, 9.17) is 15.9 Å². The number of nitrogens with one attached hydrogen (secondary N) is 3. The Balaban J connectivity index is 5.15. The fraction of sp³-hybridized carbons (Fsp3) is 0.643. The minimum Gasteiger partial charge on any atom is -0.481 e. The zero-order valence-corrected chi connectivity index (χ0v) is 16.3. The molecule has 0 aliphatic heterocycles. The molecule has 0 aliphatic carbocycles. The van der Waals surface area contributed by atoms with Crippen LogP contribution in [0.4, 0.5) is 0 Å². The molecule has 3 unspecified atom stereocenters. The summed E-state index contributed by atoms with van der Waals surface area (Å²) in [5.41, 5.74) is 5.15. The van der Waals surface area contributed by atoms with Gasteiger partial charge in [-0.05, 0) is 18.4 Å². The molecule has 11 nitrogen and oxygen atoms in total. The molecule has 0 heterocycles. The van der Waals surface area contributed by atoms with Gasteiger partial charge in [-0.15, -0.1) is 0 Å². The maximum absolute atomic E-state index is 12.3. The first kappa shape index (κ1) is 25.0. The normalized spacial score (nSPS) is 13.7. The Kier molecular flexibility index (Phi) is 12.2. The van der Waals surface area contributed by atoms with Crippen molar-refractivity contribution in [3.63, 3.8) is 0 Å². The van der Waals surface area contributed by atoms with Crippen molar-refractivity contribution in [3.05, 3.63) is 0 Å². The number of rotatable bonds is 13. The van der Waals surface area contributed by atoms with Crippen LogP contribution in [-0.4, -0.2) is 82.3 Å². The van der Waals surface area contributed by atoms with E-state index in [1.54, 1.807) is 6.26 Å². The predicted octanol–water partition coefficient (Wildman–Crippen LogP) is -2.36. The van der Waals surface area contributed by atoms with Crippen LogP contribution in [0.3, 0.4) is 0 Å². The van der Waals surface area contributed by atoms with Crippen LogP contribution >= 0.6 is 24.4 Å². The van der Waals surface area contributed by atoms with Crippen molar-refractivity contribution in [2.75, 3.05) is 24.3 Å². The van der Waals surface area contributed by atoms with E-state index in [2.05, 4.69) is 28.6 Å². The van der Waals surface area contributed by atoms with E-state index in [1.165, 1.54) is 11.8 Å². The summed E-state index contributed by atoms with van der Waals surface area (Å²) in [7, 11) is 0. The summed E-state index contributed by atoms with van der Waals surface area (Å²) < 4.78 is 0. The average molecular weight is 425 g/mol. The Labute approximate surface area is 165 Å². The lowest BCUT2D eigenvalue weighted by Crippen LogP contribution is -2.57. The number of carboxylic acids is 2. The SMILES string of the molecule is CSCCC(NC(=O)C(CC(=O)O)NC(=O)C(CS)NC(=O)CN)C(=O)O. The van der Waals surface area contributed by atoms with Crippen LogP contribution in [0, 0.1) is 0 Å². The Morgan fingerprint density at radius 1 is 1.00 bits per heavy atom. The Morgan fingerprint density at radius 3 is 2.00 bits per heavy atom. The highest BCUT2D eigenvalue weighted by molar-refractivity contribution is 7.98. The highest BCUT2D eigenvalue weighted by Gasteiger charge is 2.30. The number of carboxylic acid groups (broad SMARTS) is 2. The van der Waals surface area contributed by atoms with Crippen molar-refractivity contribution in [2.45, 2.75) is 31.0 Å². The van der Waals surface area contributed by atoms with Gasteiger partial charge in [0, 0.05) is 5.75 Å². The van der Waals surface area contributed by atoms with Gasteiger partial charge >= 0.3 is 11.9 Å². The molecular formula is C14H24N4O7S2. The molecule has 0 fully saturated rings. The minimum absolute atomic E-state index is 0.121. The average Bonchev–Trinajstić information content (AvgIpc) is 2.61. The number of aliphatic carboxylic acids is 2. The quantitative estimate of drug-likeness (QED) is 0.159. The number of amides is 3. The minimum atomic E-state index is -1.52. The molecule has 0 aromatic rings. The van der Waals surface area contributed by atoms with Crippen LogP contribution in [0.2, 0.25) is 0 Å². The number of hydrogen-bond acceptors (Lipinski definition) is 8. The van der Waals surface area contributed by atoms with E-state index in [0.29, 0.717) is 5.75 Å². The molecule has 7 N–H and O–H groups in total. The number of thioether (sulfide) groups is 1. The van der Waals surface area contributed by atoms with Crippen LogP contribution in [0.1, 0.15) is 12.8 Å². The monoisotopic (exact) mass is 424 g/mol. The maximum Gasteiger partial charge on any atom is 0.326 e. The molecule has 0 aromatic carbocycles. The smallest absolute Gasteiger partial charge is 0.326 e. The van der Waals surface area contributed by atoms with Gasteiger partial charge in [0.25, 0.3) is 0 Å². The number of carbonyl (C=O) groups excluding carboxylic acids is 3. The number of thiol groups is 1. The predicted molar refractivity (Wildman–Crippen MR) is 102 cm³/mol. The Morgan fingerprint density at radius 2 is 1.56 bits per heavy atom. The van der Waals surface area contributed by atoms with Crippen molar-refractivity contribution in [3.8, 4) is 0 Å². The first-order valence-corrected chi connectivity index (χ1v) is 9.83. The van der Waals surface area contributed by atoms with E-state index in [9.17, 15) is 24.0 Å². The summed E-state index contributed by atoms with van der Waals surface area (Å²) in [5, 5.41) is 24.8. The fourth-order valence-electron chi connectivity index (χ4n) is 1.87. The molecule has 0 aromatic heterocycles. The van der Waals surface area contributed by atoms with Gasteiger partial charge in [-0.3, -0.25) is 19.2 Å². The molecule has 0 saturated heterocycles. The van der Waals surface area contributed by atoms with Gasteiger partial charge in [-0.2, -0.15) is 24.4 Å². The van der Waals surface area contributed by atoms with E-state index in [1.807, 2.05) is 0 Å². The second kappa shape index (κ2) is 13.2. The molecule has 0 bridgehead atoms. The summed E-state index contributed by atoms with van der Waals surface area (Å²) >= 11 is 5.30. The van der Waals surface area contributed by atoms with Crippen LogP contribution in [-0.2, 0) is 24.0 Å². The summed E-state index contributed by atoms with van der Waals surface area (Å²) in [6.45, 7) is -0.369. The molecule has 13 heteroatoms. The first-order valence-electron chi connectivity index (χ1n) is 7.80. The molecule has 27 heavy (non-hydrogen) atoms. The van der Waals surface area contributed by atoms with E-state index >= 15 is 0 Å². The van der Waals surface area contributed by atoms with Gasteiger partial charge in [-0.1, -0.05) is 0 Å². The van der Waals surface area contributed by atoms with Crippen molar-refractivity contribution in [2.24, 2.45) is 5.73 Å².